The van der Waals surface area contributed by atoms with E-state index in [2.05, 4.69) is 4.74 Å². The van der Waals surface area contributed by atoms with Crippen molar-refractivity contribution in [3.8, 4) is 0 Å². The summed E-state index contributed by atoms with van der Waals surface area (Å²) in [6.45, 7) is 1.10. The van der Waals surface area contributed by atoms with Gasteiger partial charge in [-0.3, -0.25) is 0 Å². The van der Waals surface area contributed by atoms with Gasteiger partial charge in [0.15, 0.2) is 15.4 Å². The van der Waals surface area contributed by atoms with Gasteiger partial charge >= 0.3 is 5.97 Å². The van der Waals surface area contributed by atoms with Crippen LogP contribution in [0.3, 0.4) is 0 Å². The number of esters is 1. The second-order valence-electron chi connectivity index (χ2n) is 2.84. The predicted molar refractivity (Wildman–Crippen MR) is 42.4 cm³/mol. The minimum atomic E-state index is -3.39. The SMILES string of the molecule is COC(=O)C(C)(O)CS(C)(=O)=O. The summed E-state index contributed by atoms with van der Waals surface area (Å²) < 4.78 is 25.6. The van der Waals surface area contributed by atoms with Crippen molar-refractivity contribution in [2.24, 2.45) is 0 Å². The van der Waals surface area contributed by atoms with Gasteiger partial charge in [0.25, 0.3) is 0 Å². The molecule has 0 heterocycles. The Morgan fingerprint density at radius 1 is 1.58 bits per heavy atom. The smallest absolute Gasteiger partial charge is 0.338 e. The monoisotopic (exact) mass is 196 g/mol. The number of ether oxygens (including phenoxy) is 1. The molecule has 0 bridgehead atoms. The molecule has 0 saturated carbocycles. The summed E-state index contributed by atoms with van der Waals surface area (Å²) in [5.74, 6) is -1.58. The topological polar surface area (TPSA) is 80.7 Å². The van der Waals surface area contributed by atoms with Gasteiger partial charge in [-0.05, 0) is 6.92 Å². The second-order valence-corrected chi connectivity index (χ2v) is 4.98. The normalized spacial score (nSPS) is 16.7. The summed E-state index contributed by atoms with van der Waals surface area (Å²) in [6.07, 6.45) is 0.935. The zero-order chi connectivity index (χ0) is 9.99. The van der Waals surface area contributed by atoms with E-state index in [1.54, 1.807) is 0 Å². The maximum Gasteiger partial charge on any atom is 0.338 e. The van der Waals surface area contributed by atoms with E-state index < -0.39 is 27.2 Å². The zero-order valence-electron chi connectivity index (χ0n) is 7.20. The Morgan fingerprint density at radius 3 is 2.25 bits per heavy atom. The lowest BCUT2D eigenvalue weighted by molar-refractivity contribution is -0.158. The Morgan fingerprint density at radius 2 is 2.00 bits per heavy atom. The van der Waals surface area contributed by atoms with E-state index in [9.17, 15) is 18.3 Å². The van der Waals surface area contributed by atoms with Crippen LogP contribution in [0.4, 0.5) is 0 Å². The number of rotatable bonds is 3. The van der Waals surface area contributed by atoms with Crippen molar-refractivity contribution in [1.82, 2.24) is 0 Å². The van der Waals surface area contributed by atoms with Crippen LogP contribution in [0.25, 0.3) is 0 Å². The molecule has 6 heteroatoms. The molecule has 72 valence electrons. The van der Waals surface area contributed by atoms with E-state index in [-0.39, 0.29) is 0 Å². The van der Waals surface area contributed by atoms with Crippen LogP contribution in [0, 0.1) is 0 Å². The quantitative estimate of drug-likeness (QED) is 0.583. The number of methoxy groups -OCH3 is 1. The fourth-order valence-electron chi connectivity index (χ4n) is 0.789. The molecule has 0 aliphatic rings. The second kappa shape index (κ2) is 3.40. The highest BCUT2D eigenvalue weighted by atomic mass is 32.2. The van der Waals surface area contributed by atoms with Gasteiger partial charge in [-0.1, -0.05) is 0 Å². The molecule has 0 spiro atoms. The van der Waals surface area contributed by atoms with Gasteiger partial charge in [0.2, 0.25) is 0 Å². The van der Waals surface area contributed by atoms with E-state index in [0.717, 1.165) is 20.3 Å². The summed E-state index contributed by atoms with van der Waals surface area (Å²) in [7, 11) is -2.31. The van der Waals surface area contributed by atoms with Crippen molar-refractivity contribution >= 4 is 15.8 Å². The average Bonchev–Trinajstić information content (AvgIpc) is 1.80. The molecule has 0 aromatic rings. The molecule has 1 atom stereocenters. The third kappa shape index (κ3) is 3.68. The van der Waals surface area contributed by atoms with Crippen molar-refractivity contribution < 1.29 is 23.1 Å². The molecule has 0 fully saturated rings. The van der Waals surface area contributed by atoms with Crippen molar-refractivity contribution in [2.75, 3.05) is 19.1 Å². The van der Waals surface area contributed by atoms with Crippen LogP contribution >= 0.6 is 0 Å². The first-order valence-corrected chi connectivity index (χ1v) is 5.23. The van der Waals surface area contributed by atoms with Crippen LogP contribution in [0.15, 0.2) is 0 Å². The molecule has 0 amide bonds. The highest BCUT2D eigenvalue weighted by molar-refractivity contribution is 7.90. The molecule has 5 nitrogen and oxygen atoms in total. The van der Waals surface area contributed by atoms with Gasteiger partial charge in [0.05, 0.1) is 12.9 Å². The van der Waals surface area contributed by atoms with E-state index in [1.165, 1.54) is 0 Å². The Kier molecular flexibility index (Phi) is 3.23. The highest BCUT2D eigenvalue weighted by Crippen LogP contribution is 2.08. The first-order valence-electron chi connectivity index (χ1n) is 3.17. The van der Waals surface area contributed by atoms with Gasteiger partial charge in [0, 0.05) is 6.26 Å². The van der Waals surface area contributed by atoms with Gasteiger partial charge in [-0.2, -0.15) is 0 Å². The van der Waals surface area contributed by atoms with Crippen molar-refractivity contribution in [3.05, 3.63) is 0 Å². The highest BCUT2D eigenvalue weighted by Gasteiger charge is 2.35. The van der Waals surface area contributed by atoms with Crippen molar-refractivity contribution in [3.63, 3.8) is 0 Å². The predicted octanol–water partition coefficient (Wildman–Crippen LogP) is -1.04. The van der Waals surface area contributed by atoms with Crippen molar-refractivity contribution in [2.45, 2.75) is 12.5 Å². The first-order chi connectivity index (χ1) is 5.19. The lowest BCUT2D eigenvalue weighted by Gasteiger charge is -2.18. The number of hydrogen-bond acceptors (Lipinski definition) is 5. The summed E-state index contributed by atoms with van der Waals surface area (Å²) in [5.41, 5.74) is -1.96. The van der Waals surface area contributed by atoms with Crippen LogP contribution in [0.2, 0.25) is 0 Å². The number of aliphatic hydroxyl groups is 1. The minimum absolute atomic E-state index is 0.632. The summed E-state index contributed by atoms with van der Waals surface area (Å²) >= 11 is 0. The molecule has 12 heavy (non-hydrogen) atoms. The van der Waals surface area contributed by atoms with Crippen molar-refractivity contribution in [1.29, 1.82) is 0 Å². The number of carbonyl (C=O) groups is 1. The minimum Gasteiger partial charge on any atom is -0.467 e. The fourth-order valence-corrected chi connectivity index (χ4v) is 1.93. The van der Waals surface area contributed by atoms with Crippen LogP contribution in [-0.4, -0.2) is 44.2 Å². The number of hydrogen-bond donors (Lipinski definition) is 1. The maximum absolute atomic E-state index is 10.8. The average molecular weight is 196 g/mol. The largest absolute Gasteiger partial charge is 0.467 e. The summed E-state index contributed by atoms with van der Waals surface area (Å²) in [6, 6.07) is 0. The lowest BCUT2D eigenvalue weighted by atomic mass is 10.1. The molecule has 0 saturated heterocycles. The van der Waals surface area contributed by atoms with E-state index in [1.807, 2.05) is 0 Å². The van der Waals surface area contributed by atoms with Crippen LogP contribution in [0.5, 0.6) is 0 Å². The molecule has 1 N–H and O–H groups in total. The van der Waals surface area contributed by atoms with Crippen LogP contribution < -0.4 is 0 Å². The molecule has 0 rings (SSSR count). The third-order valence-electron chi connectivity index (χ3n) is 1.17. The Balaban J connectivity index is 4.54. The molecule has 0 aliphatic heterocycles. The number of carbonyl (C=O) groups excluding carboxylic acids is 1. The summed E-state index contributed by atoms with van der Waals surface area (Å²) in [4.78, 5) is 10.8. The van der Waals surface area contributed by atoms with E-state index >= 15 is 0 Å². The molecule has 0 aromatic heterocycles. The Labute approximate surface area is 71.3 Å². The van der Waals surface area contributed by atoms with Gasteiger partial charge in [0.1, 0.15) is 0 Å². The molecule has 1 unspecified atom stereocenters. The number of sulfone groups is 1. The van der Waals surface area contributed by atoms with Gasteiger partial charge in [-0.15, -0.1) is 0 Å². The molecular weight excluding hydrogens is 184 g/mol. The summed E-state index contributed by atoms with van der Waals surface area (Å²) in [5, 5.41) is 9.26. The standard InChI is InChI=1S/C6H12O5S/c1-6(8,5(7)11-2)4-12(3,9)10/h8H,4H2,1-3H3. The van der Waals surface area contributed by atoms with Gasteiger partial charge in [-0.25, -0.2) is 13.2 Å². The third-order valence-corrected chi connectivity index (χ3v) is 2.25. The Hall–Kier alpha value is -0.620. The Bertz CT molecular complexity index is 264. The molecule has 0 aromatic carbocycles. The van der Waals surface area contributed by atoms with E-state index in [0.29, 0.717) is 0 Å². The van der Waals surface area contributed by atoms with Crippen LogP contribution in [0.1, 0.15) is 6.92 Å². The first kappa shape index (κ1) is 11.4. The zero-order valence-corrected chi connectivity index (χ0v) is 8.01. The molecule has 0 radical (unpaired) electrons. The van der Waals surface area contributed by atoms with E-state index in [4.69, 9.17) is 0 Å². The fraction of sp³-hybridized carbons (Fsp3) is 0.833. The van der Waals surface area contributed by atoms with Crippen LogP contribution in [-0.2, 0) is 19.4 Å². The van der Waals surface area contributed by atoms with Gasteiger partial charge < -0.3 is 9.84 Å². The lowest BCUT2D eigenvalue weighted by Crippen LogP contribution is -2.42. The molecular formula is C6H12O5S. The molecule has 0 aliphatic carbocycles. The maximum atomic E-state index is 10.8.